The zero-order chi connectivity index (χ0) is 25.2. The first-order chi connectivity index (χ1) is 16.8. The summed E-state index contributed by atoms with van der Waals surface area (Å²) < 4.78 is 12.0. The first-order valence-corrected chi connectivity index (χ1v) is 11.9. The molecule has 35 heavy (non-hydrogen) atoms. The van der Waals surface area contributed by atoms with Gasteiger partial charge in [0.05, 0.1) is 6.21 Å². The highest BCUT2D eigenvalue weighted by atomic mass is 79.9. The normalized spacial score (nSPS) is 11.2. The SMILES string of the molecule is Cc1ccc(C(C)C)c(OCC(=O)N/N=C/c2cc(Br)ccc2OC(=O)/C=C/c2ccccc2)c1. The first-order valence-electron chi connectivity index (χ1n) is 11.1. The fourth-order valence-electron chi connectivity index (χ4n) is 3.18. The molecule has 0 heterocycles. The van der Waals surface area contributed by atoms with Crippen LogP contribution in [-0.4, -0.2) is 24.7 Å². The van der Waals surface area contributed by atoms with Crippen LogP contribution < -0.4 is 14.9 Å². The number of hydrogen-bond acceptors (Lipinski definition) is 5. The predicted octanol–water partition coefficient (Wildman–Crippen LogP) is 6.03. The van der Waals surface area contributed by atoms with Crippen molar-refractivity contribution in [3.05, 3.63) is 99.5 Å². The van der Waals surface area contributed by atoms with Crippen molar-refractivity contribution in [1.82, 2.24) is 5.43 Å². The molecule has 0 aliphatic carbocycles. The Kier molecular flexibility index (Phi) is 9.38. The predicted molar refractivity (Wildman–Crippen MR) is 142 cm³/mol. The molecule has 0 aliphatic rings. The van der Waals surface area contributed by atoms with Crippen LogP contribution in [0.3, 0.4) is 0 Å². The lowest BCUT2D eigenvalue weighted by Crippen LogP contribution is -2.25. The lowest BCUT2D eigenvalue weighted by Gasteiger charge is -2.14. The molecular formula is C28H27BrN2O4. The summed E-state index contributed by atoms with van der Waals surface area (Å²) in [7, 11) is 0. The molecule has 0 aliphatic heterocycles. The average Bonchev–Trinajstić information content (AvgIpc) is 2.83. The summed E-state index contributed by atoms with van der Waals surface area (Å²) >= 11 is 3.40. The summed E-state index contributed by atoms with van der Waals surface area (Å²) in [6, 6.07) is 20.5. The number of hydrazone groups is 1. The summed E-state index contributed by atoms with van der Waals surface area (Å²) in [5, 5.41) is 4.00. The molecule has 0 radical (unpaired) electrons. The van der Waals surface area contributed by atoms with Gasteiger partial charge in [0.25, 0.3) is 5.91 Å². The largest absolute Gasteiger partial charge is 0.483 e. The molecule has 7 heteroatoms. The van der Waals surface area contributed by atoms with Gasteiger partial charge in [0.1, 0.15) is 11.5 Å². The number of aryl methyl sites for hydroxylation is 1. The Labute approximate surface area is 213 Å². The van der Waals surface area contributed by atoms with E-state index in [0.29, 0.717) is 17.1 Å². The van der Waals surface area contributed by atoms with E-state index >= 15 is 0 Å². The van der Waals surface area contributed by atoms with E-state index in [-0.39, 0.29) is 12.5 Å². The van der Waals surface area contributed by atoms with E-state index in [4.69, 9.17) is 9.47 Å². The average molecular weight is 535 g/mol. The van der Waals surface area contributed by atoms with Crippen molar-refractivity contribution in [2.24, 2.45) is 5.10 Å². The van der Waals surface area contributed by atoms with Gasteiger partial charge in [-0.2, -0.15) is 5.10 Å². The number of ether oxygens (including phenoxy) is 2. The Morgan fingerprint density at radius 2 is 1.80 bits per heavy atom. The molecule has 3 aromatic rings. The lowest BCUT2D eigenvalue weighted by molar-refractivity contribution is -0.129. The number of halogens is 1. The van der Waals surface area contributed by atoms with Gasteiger partial charge in [-0.25, -0.2) is 10.2 Å². The number of nitrogens with one attached hydrogen (secondary N) is 1. The van der Waals surface area contributed by atoms with Crippen LogP contribution in [0.5, 0.6) is 11.5 Å². The maximum atomic E-state index is 12.3. The van der Waals surface area contributed by atoms with Crippen LogP contribution in [0.4, 0.5) is 0 Å². The molecule has 0 saturated carbocycles. The number of esters is 1. The van der Waals surface area contributed by atoms with Crippen LogP contribution in [0.2, 0.25) is 0 Å². The molecule has 1 amide bonds. The highest BCUT2D eigenvalue weighted by Gasteiger charge is 2.11. The van der Waals surface area contributed by atoms with Crippen molar-refractivity contribution in [1.29, 1.82) is 0 Å². The van der Waals surface area contributed by atoms with E-state index in [1.807, 2.05) is 55.5 Å². The molecule has 0 bridgehead atoms. The minimum atomic E-state index is -0.526. The Morgan fingerprint density at radius 3 is 2.54 bits per heavy atom. The van der Waals surface area contributed by atoms with E-state index in [1.54, 1.807) is 24.3 Å². The monoisotopic (exact) mass is 534 g/mol. The third-order valence-electron chi connectivity index (χ3n) is 4.94. The maximum absolute atomic E-state index is 12.3. The maximum Gasteiger partial charge on any atom is 0.336 e. The summed E-state index contributed by atoms with van der Waals surface area (Å²) in [4.78, 5) is 24.5. The van der Waals surface area contributed by atoms with Crippen molar-refractivity contribution in [2.45, 2.75) is 26.7 Å². The van der Waals surface area contributed by atoms with Crippen molar-refractivity contribution in [3.8, 4) is 11.5 Å². The van der Waals surface area contributed by atoms with E-state index < -0.39 is 11.9 Å². The molecule has 0 atom stereocenters. The number of nitrogens with zero attached hydrogens (tertiary/aromatic N) is 1. The molecule has 0 fully saturated rings. The quantitative estimate of drug-likeness (QED) is 0.119. The van der Waals surface area contributed by atoms with Crippen LogP contribution in [0, 0.1) is 6.92 Å². The molecule has 6 nitrogen and oxygen atoms in total. The number of hydrogen-bond donors (Lipinski definition) is 1. The molecule has 3 aromatic carbocycles. The molecule has 180 valence electrons. The summed E-state index contributed by atoms with van der Waals surface area (Å²) in [5.41, 5.74) is 5.94. The molecule has 1 N–H and O–H groups in total. The van der Waals surface area contributed by atoms with Gasteiger partial charge in [-0.1, -0.05) is 72.2 Å². The van der Waals surface area contributed by atoms with Gasteiger partial charge in [0.15, 0.2) is 6.61 Å². The van der Waals surface area contributed by atoms with Gasteiger partial charge >= 0.3 is 5.97 Å². The van der Waals surface area contributed by atoms with Crippen LogP contribution in [0.25, 0.3) is 6.08 Å². The summed E-state index contributed by atoms with van der Waals surface area (Å²) in [5.74, 6) is 0.335. The molecule has 0 aromatic heterocycles. The van der Waals surface area contributed by atoms with E-state index in [2.05, 4.69) is 40.3 Å². The topological polar surface area (TPSA) is 77.0 Å². The second-order valence-electron chi connectivity index (χ2n) is 8.13. The van der Waals surface area contributed by atoms with Gasteiger partial charge < -0.3 is 9.47 Å². The fourth-order valence-corrected chi connectivity index (χ4v) is 3.56. The third-order valence-corrected chi connectivity index (χ3v) is 5.43. The fraction of sp³-hybridized carbons (Fsp3) is 0.179. The molecule has 0 saturated heterocycles. The van der Waals surface area contributed by atoms with Crippen LogP contribution in [0.15, 0.2) is 82.4 Å². The van der Waals surface area contributed by atoms with Crippen LogP contribution in [0.1, 0.15) is 42.0 Å². The Bertz CT molecular complexity index is 1240. The van der Waals surface area contributed by atoms with Gasteiger partial charge in [-0.15, -0.1) is 0 Å². The van der Waals surface area contributed by atoms with Gasteiger partial charge in [0.2, 0.25) is 0 Å². The highest BCUT2D eigenvalue weighted by Crippen LogP contribution is 2.27. The summed E-state index contributed by atoms with van der Waals surface area (Å²) in [6.45, 7) is 5.94. The number of rotatable bonds is 9. The number of carbonyl (C=O) groups is 2. The minimum Gasteiger partial charge on any atom is -0.483 e. The summed E-state index contributed by atoms with van der Waals surface area (Å²) in [6.07, 6.45) is 4.45. The van der Waals surface area contributed by atoms with Crippen molar-refractivity contribution in [2.75, 3.05) is 6.61 Å². The Hall–Kier alpha value is -3.71. The lowest BCUT2D eigenvalue weighted by atomic mass is 10.0. The van der Waals surface area contributed by atoms with Crippen molar-refractivity contribution in [3.63, 3.8) is 0 Å². The highest BCUT2D eigenvalue weighted by molar-refractivity contribution is 9.10. The zero-order valence-corrected chi connectivity index (χ0v) is 21.4. The Morgan fingerprint density at radius 1 is 1.03 bits per heavy atom. The van der Waals surface area contributed by atoms with Crippen molar-refractivity contribution >= 4 is 40.1 Å². The van der Waals surface area contributed by atoms with Gasteiger partial charge in [-0.05, 0) is 59.9 Å². The third kappa shape index (κ3) is 8.22. The second-order valence-corrected chi connectivity index (χ2v) is 9.04. The first kappa shape index (κ1) is 25.9. The molecule has 0 spiro atoms. The van der Waals surface area contributed by atoms with Crippen LogP contribution >= 0.6 is 15.9 Å². The van der Waals surface area contributed by atoms with E-state index in [0.717, 1.165) is 21.2 Å². The number of benzene rings is 3. The molecular weight excluding hydrogens is 508 g/mol. The Balaban J connectivity index is 1.60. The van der Waals surface area contributed by atoms with Gasteiger partial charge in [0, 0.05) is 16.1 Å². The molecule has 3 rings (SSSR count). The van der Waals surface area contributed by atoms with E-state index in [1.165, 1.54) is 12.3 Å². The van der Waals surface area contributed by atoms with Crippen molar-refractivity contribution < 1.29 is 19.1 Å². The molecule has 0 unspecified atom stereocenters. The zero-order valence-electron chi connectivity index (χ0n) is 19.8. The van der Waals surface area contributed by atoms with Gasteiger partial charge in [-0.3, -0.25) is 4.79 Å². The standard InChI is InChI=1S/C28H27BrN2O4/c1-19(2)24-12-9-20(3)15-26(24)34-18-27(32)31-30-17-22-16-23(29)11-13-25(22)35-28(33)14-10-21-7-5-4-6-8-21/h4-17,19H,18H2,1-3H3,(H,31,32)/b14-10+,30-17+. The minimum absolute atomic E-state index is 0.175. The second kappa shape index (κ2) is 12.7. The van der Waals surface area contributed by atoms with E-state index in [9.17, 15) is 9.59 Å². The number of carbonyl (C=O) groups excluding carboxylic acids is 2. The van der Waals surface area contributed by atoms with Crippen LogP contribution in [-0.2, 0) is 9.59 Å². The number of amides is 1. The smallest absolute Gasteiger partial charge is 0.336 e.